The van der Waals surface area contributed by atoms with Gasteiger partial charge in [0.25, 0.3) is 0 Å². The maximum absolute atomic E-state index is 5.78. The molecule has 0 unspecified atom stereocenters. The molecule has 0 saturated carbocycles. The molecule has 0 spiro atoms. The molecule has 2 heteroatoms. The Bertz CT molecular complexity index is 486. The van der Waals surface area contributed by atoms with E-state index in [1.807, 2.05) is 11.3 Å². The molecule has 2 aromatic rings. The van der Waals surface area contributed by atoms with Crippen LogP contribution in [0.5, 0.6) is 0 Å². The summed E-state index contributed by atoms with van der Waals surface area (Å²) in [6, 6.07) is 8.76. The van der Waals surface area contributed by atoms with Crippen molar-refractivity contribution in [2.24, 2.45) is 11.7 Å². The van der Waals surface area contributed by atoms with Crippen LogP contribution in [0.4, 0.5) is 0 Å². The van der Waals surface area contributed by atoms with Gasteiger partial charge in [-0.2, -0.15) is 0 Å². The van der Waals surface area contributed by atoms with Gasteiger partial charge in [0, 0.05) is 9.58 Å². The summed E-state index contributed by atoms with van der Waals surface area (Å²) in [4.78, 5) is 1.60. The lowest BCUT2D eigenvalue weighted by molar-refractivity contribution is 0.475. The van der Waals surface area contributed by atoms with Gasteiger partial charge in [-0.25, -0.2) is 0 Å². The van der Waals surface area contributed by atoms with Crippen molar-refractivity contribution in [1.29, 1.82) is 0 Å². The van der Waals surface area contributed by atoms with E-state index in [0.29, 0.717) is 5.92 Å². The number of thiophene rings is 1. The quantitative estimate of drug-likeness (QED) is 0.781. The maximum atomic E-state index is 5.78. The molecule has 1 aromatic heterocycles. The first kappa shape index (κ1) is 9.37. The Morgan fingerprint density at radius 1 is 1.33 bits per heavy atom. The lowest BCUT2D eigenvalue weighted by atomic mass is 9.87. The smallest absolute Gasteiger partial charge is 0.0348 e. The number of aryl methyl sites for hydroxylation is 1. The summed E-state index contributed by atoms with van der Waals surface area (Å²) in [6.45, 7) is 0.837. The van der Waals surface area contributed by atoms with Crippen LogP contribution >= 0.6 is 11.3 Å². The molecule has 3 rings (SSSR count). The van der Waals surface area contributed by atoms with Gasteiger partial charge in [-0.1, -0.05) is 18.2 Å². The second kappa shape index (κ2) is 3.62. The first-order valence-electron chi connectivity index (χ1n) is 5.58. The first-order chi connectivity index (χ1) is 7.38. The summed E-state index contributed by atoms with van der Waals surface area (Å²) in [5, 5.41) is 1.47. The van der Waals surface area contributed by atoms with Gasteiger partial charge in [-0.05, 0) is 48.7 Å². The minimum absolute atomic E-state index is 0.704. The van der Waals surface area contributed by atoms with Gasteiger partial charge in [0.2, 0.25) is 0 Å². The van der Waals surface area contributed by atoms with Crippen molar-refractivity contribution >= 4 is 21.4 Å². The zero-order valence-electron chi connectivity index (χ0n) is 8.70. The van der Waals surface area contributed by atoms with Crippen molar-refractivity contribution in [2.45, 2.75) is 19.3 Å². The number of hydrogen-bond acceptors (Lipinski definition) is 2. The van der Waals surface area contributed by atoms with Crippen molar-refractivity contribution < 1.29 is 0 Å². The van der Waals surface area contributed by atoms with Gasteiger partial charge in [0.15, 0.2) is 0 Å². The number of rotatable bonds is 1. The van der Waals surface area contributed by atoms with E-state index in [4.69, 9.17) is 5.73 Å². The van der Waals surface area contributed by atoms with Gasteiger partial charge < -0.3 is 5.73 Å². The van der Waals surface area contributed by atoms with Crippen molar-refractivity contribution in [2.75, 3.05) is 6.54 Å². The summed E-state index contributed by atoms with van der Waals surface area (Å²) in [6.07, 6.45) is 3.70. The maximum Gasteiger partial charge on any atom is 0.0348 e. The lowest BCUT2D eigenvalue weighted by Crippen LogP contribution is -2.21. The normalized spacial score (nSPS) is 20.5. The van der Waals surface area contributed by atoms with Crippen LogP contribution in [0.25, 0.3) is 10.1 Å². The topological polar surface area (TPSA) is 26.0 Å². The Kier molecular flexibility index (Phi) is 2.26. The molecular weight excluding hydrogens is 202 g/mol. The van der Waals surface area contributed by atoms with Crippen LogP contribution < -0.4 is 5.73 Å². The molecule has 0 saturated heterocycles. The molecule has 0 aliphatic heterocycles. The van der Waals surface area contributed by atoms with Crippen LogP contribution in [0.1, 0.15) is 16.9 Å². The van der Waals surface area contributed by atoms with Crippen LogP contribution in [0.15, 0.2) is 24.3 Å². The SMILES string of the molecule is NC[C@H]1CCc2sc3ccccc3c2C1. The van der Waals surface area contributed by atoms with Crippen molar-refractivity contribution in [3.8, 4) is 0 Å². The van der Waals surface area contributed by atoms with E-state index >= 15 is 0 Å². The van der Waals surface area contributed by atoms with E-state index < -0.39 is 0 Å². The van der Waals surface area contributed by atoms with Crippen LogP contribution in [-0.2, 0) is 12.8 Å². The first-order valence-corrected chi connectivity index (χ1v) is 6.39. The standard InChI is InChI=1S/C13H15NS/c14-8-9-5-6-13-11(7-9)10-3-1-2-4-12(10)15-13/h1-4,9H,5-8,14H2/t9-/m0/s1. The largest absolute Gasteiger partial charge is 0.330 e. The Labute approximate surface area is 93.9 Å². The van der Waals surface area contributed by atoms with Crippen LogP contribution in [-0.4, -0.2) is 6.54 Å². The molecule has 15 heavy (non-hydrogen) atoms. The third-order valence-electron chi connectivity index (χ3n) is 3.39. The fraction of sp³-hybridized carbons (Fsp3) is 0.385. The summed E-state index contributed by atoms with van der Waals surface area (Å²) in [7, 11) is 0. The molecule has 1 aliphatic carbocycles. The molecule has 0 radical (unpaired) electrons. The highest BCUT2D eigenvalue weighted by Crippen LogP contribution is 2.37. The Hall–Kier alpha value is -0.860. The number of benzene rings is 1. The van der Waals surface area contributed by atoms with Crippen LogP contribution in [0, 0.1) is 5.92 Å². The minimum atomic E-state index is 0.704. The molecule has 1 atom stereocenters. The van der Waals surface area contributed by atoms with Crippen LogP contribution in [0.2, 0.25) is 0 Å². The Morgan fingerprint density at radius 2 is 2.20 bits per heavy atom. The summed E-state index contributed by atoms with van der Waals surface area (Å²) in [5.74, 6) is 0.704. The second-order valence-corrected chi connectivity index (χ2v) is 5.48. The predicted octanol–water partition coefficient (Wildman–Crippen LogP) is 2.96. The van der Waals surface area contributed by atoms with Gasteiger partial charge in [0.05, 0.1) is 0 Å². The average Bonchev–Trinajstić information content (AvgIpc) is 2.66. The van der Waals surface area contributed by atoms with Crippen molar-refractivity contribution in [3.05, 3.63) is 34.7 Å². The fourth-order valence-corrected chi connectivity index (χ4v) is 3.75. The van der Waals surface area contributed by atoms with Crippen molar-refractivity contribution in [1.82, 2.24) is 0 Å². The van der Waals surface area contributed by atoms with E-state index in [0.717, 1.165) is 6.54 Å². The minimum Gasteiger partial charge on any atom is -0.330 e. The van der Waals surface area contributed by atoms with Gasteiger partial charge in [-0.3, -0.25) is 0 Å². The molecular formula is C13H15NS. The van der Waals surface area contributed by atoms with E-state index in [9.17, 15) is 0 Å². The molecule has 0 fully saturated rings. The molecule has 1 heterocycles. The molecule has 78 valence electrons. The highest BCUT2D eigenvalue weighted by atomic mass is 32.1. The summed E-state index contributed by atoms with van der Waals surface area (Å²) in [5.41, 5.74) is 7.36. The number of nitrogens with two attached hydrogens (primary N) is 1. The van der Waals surface area contributed by atoms with E-state index in [1.165, 1.54) is 29.3 Å². The zero-order chi connectivity index (χ0) is 10.3. The third kappa shape index (κ3) is 1.48. The highest BCUT2D eigenvalue weighted by molar-refractivity contribution is 7.19. The van der Waals surface area contributed by atoms with Gasteiger partial charge in [-0.15, -0.1) is 11.3 Å². The third-order valence-corrected chi connectivity index (χ3v) is 4.66. The van der Waals surface area contributed by atoms with Crippen LogP contribution in [0.3, 0.4) is 0 Å². The van der Waals surface area contributed by atoms with Crippen molar-refractivity contribution in [3.63, 3.8) is 0 Å². The number of hydrogen-bond donors (Lipinski definition) is 1. The summed E-state index contributed by atoms with van der Waals surface area (Å²) >= 11 is 1.97. The molecule has 1 nitrogen and oxygen atoms in total. The second-order valence-electron chi connectivity index (χ2n) is 4.34. The fourth-order valence-electron chi connectivity index (χ4n) is 2.50. The molecule has 2 N–H and O–H groups in total. The average molecular weight is 217 g/mol. The summed E-state index contributed by atoms with van der Waals surface area (Å²) < 4.78 is 1.44. The Balaban J connectivity index is 2.14. The predicted molar refractivity (Wildman–Crippen MR) is 66.4 cm³/mol. The molecule has 0 bridgehead atoms. The lowest BCUT2D eigenvalue weighted by Gasteiger charge is -2.20. The number of fused-ring (bicyclic) bond motifs is 3. The van der Waals surface area contributed by atoms with E-state index in [-0.39, 0.29) is 0 Å². The molecule has 1 aromatic carbocycles. The monoisotopic (exact) mass is 217 g/mol. The zero-order valence-corrected chi connectivity index (χ0v) is 9.52. The molecule has 1 aliphatic rings. The van der Waals surface area contributed by atoms with Gasteiger partial charge in [0.1, 0.15) is 0 Å². The molecule has 0 amide bonds. The highest BCUT2D eigenvalue weighted by Gasteiger charge is 2.21. The Morgan fingerprint density at radius 3 is 3.07 bits per heavy atom. The van der Waals surface area contributed by atoms with E-state index in [1.54, 1.807) is 10.4 Å². The van der Waals surface area contributed by atoms with E-state index in [2.05, 4.69) is 24.3 Å². The van der Waals surface area contributed by atoms with Gasteiger partial charge >= 0.3 is 0 Å².